The van der Waals surface area contributed by atoms with Gasteiger partial charge in [0.1, 0.15) is 11.5 Å². The molecule has 1 amide bonds. The highest BCUT2D eigenvalue weighted by atomic mass is 16.5. The van der Waals surface area contributed by atoms with Crippen LogP contribution in [0.25, 0.3) is 0 Å². The smallest absolute Gasteiger partial charge is 0.258 e. The Morgan fingerprint density at radius 2 is 1.71 bits per heavy atom. The number of ether oxygens (including phenoxy) is 2. The number of pyridine rings is 1. The SMILES string of the molecule is CCc1ccc(NC(=NCc2ccccn2)NC(=O)c2cc(OC)cc(OC)c2)cc1. The maximum absolute atomic E-state index is 12.9. The van der Waals surface area contributed by atoms with E-state index >= 15 is 0 Å². The number of nitrogens with zero attached hydrogens (tertiary/aromatic N) is 2. The number of anilines is 1. The Labute approximate surface area is 182 Å². The van der Waals surface area contributed by atoms with Crippen molar-refractivity contribution in [2.75, 3.05) is 19.5 Å². The van der Waals surface area contributed by atoms with Crippen molar-refractivity contribution in [3.8, 4) is 11.5 Å². The molecule has 0 spiro atoms. The van der Waals surface area contributed by atoms with Crippen LogP contribution in [0.4, 0.5) is 5.69 Å². The number of aromatic nitrogens is 1. The summed E-state index contributed by atoms with van der Waals surface area (Å²) in [6.45, 7) is 2.42. The van der Waals surface area contributed by atoms with Crippen molar-refractivity contribution in [3.05, 3.63) is 83.7 Å². The van der Waals surface area contributed by atoms with E-state index < -0.39 is 0 Å². The van der Waals surface area contributed by atoms with Gasteiger partial charge in [-0.1, -0.05) is 25.1 Å². The highest BCUT2D eigenvalue weighted by Gasteiger charge is 2.13. The van der Waals surface area contributed by atoms with E-state index in [0.29, 0.717) is 29.6 Å². The fourth-order valence-electron chi connectivity index (χ4n) is 2.84. The van der Waals surface area contributed by atoms with Gasteiger partial charge in [0, 0.05) is 23.5 Å². The van der Waals surface area contributed by atoms with Gasteiger partial charge in [-0.2, -0.15) is 0 Å². The molecule has 0 unspecified atom stereocenters. The zero-order valence-corrected chi connectivity index (χ0v) is 17.9. The number of aryl methyl sites for hydroxylation is 1. The number of carbonyl (C=O) groups is 1. The van der Waals surface area contributed by atoms with Crippen LogP contribution in [-0.2, 0) is 13.0 Å². The molecule has 1 heterocycles. The second-order valence-corrected chi connectivity index (χ2v) is 6.72. The van der Waals surface area contributed by atoms with Gasteiger partial charge in [-0.3, -0.25) is 15.1 Å². The molecule has 3 rings (SSSR count). The fourth-order valence-corrected chi connectivity index (χ4v) is 2.84. The quantitative estimate of drug-likeness (QED) is 0.446. The summed E-state index contributed by atoms with van der Waals surface area (Å²) in [5.41, 5.74) is 3.23. The standard InChI is InChI=1S/C24H26N4O3/c1-4-17-8-10-19(11-9-17)27-24(26-16-20-7-5-6-12-25-20)28-23(29)18-13-21(30-2)15-22(14-18)31-3/h5-15H,4,16H2,1-3H3,(H2,26,27,28,29). The van der Waals surface area contributed by atoms with Crippen molar-refractivity contribution in [3.63, 3.8) is 0 Å². The van der Waals surface area contributed by atoms with Gasteiger partial charge in [-0.05, 0) is 48.4 Å². The molecule has 0 atom stereocenters. The minimum Gasteiger partial charge on any atom is -0.497 e. The van der Waals surface area contributed by atoms with E-state index in [1.807, 2.05) is 42.5 Å². The Kier molecular flexibility index (Phi) is 7.59. The third kappa shape index (κ3) is 6.30. The molecule has 7 nitrogen and oxygen atoms in total. The molecule has 0 aliphatic rings. The van der Waals surface area contributed by atoms with Gasteiger partial charge in [-0.15, -0.1) is 0 Å². The molecule has 0 fully saturated rings. The maximum Gasteiger partial charge on any atom is 0.258 e. The highest BCUT2D eigenvalue weighted by molar-refractivity contribution is 6.10. The number of nitrogens with one attached hydrogen (secondary N) is 2. The van der Waals surface area contributed by atoms with E-state index in [4.69, 9.17) is 9.47 Å². The van der Waals surface area contributed by atoms with E-state index in [0.717, 1.165) is 17.8 Å². The van der Waals surface area contributed by atoms with Crippen molar-refractivity contribution in [1.82, 2.24) is 10.3 Å². The molecule has 2 aromatic carbocycles. The number of rotatable bonds is 7. The average molecular weight is 418 g/mol. The first-order valence-corrected chi connectivity index (χ1v) is 9.96. The summed E-state index contributed by atoms with van der Waals surface area (Å²) >= 11 is 0. The summed E-state index contributed by atoms with van der Waals surface area (Å²) in [5, 5.41) is 6.03. The lowest BCUT2D eigenvalue weighted by Crippen LogP contribution is -2.36. The third-order valence-corrected chi connectivity index (χ3v) is 4.60. The lowest BCUT2D eigenvalue weighted by atomic mass is 10.1. The van der Waals surface area contributed by atoms with Crippen molar-refractivity contribution in [2.24, 2.45) is 4.99 Å². The molecule has 0 radical (unpaired) electrons. The van der Waals surface area contributed by atoms with Gasteiger partial charge < -0.3 is 14.8 Å². The number of guanidine groups is 1. The Balaban J connectivity index is 1.83. The van der Waals surface area contributed by atoms with Crippen LogP contribution in [0.5, 0.6) is 11.5 Å². The second-order valence-electron chi connectivity index (χ2n) is 6.72. The number of carbonyl (C=O) groups excluding carboxylic acids is 1. The molecule has 0 saturated heterocycles. The van der Waals surface area contributed by atoms with Crippen molar-refractivity contribution in [2.45, 2.75) is 19.9 Å². The van der Waals surface area contributed by atoms with E-state index in [1.165, 1.54) is 19.8 Å². The second kappa shape index (κ2) is 10.8. The van der Waals surface area contributed by atoms with Crippen LogP contribution in [-0.4, -0.2) is 31.1 Å². The molecule has 31 heavy (non-hydrogen) atoms. The van der Waals surface area contributed by atoms with Gasteiger partial charge in [0.15, 0.2) is 0 Å². The lowest BCUT2D eigenvalue weighted by Gasteiger charge is -2.13. The predicted octanol–water partition coefficient (Wildman–Crippen LogP) is 4.06. The number of amides is 1. The molecule has 3 aromatic rings. The van der Waals surface area contributed by atoms with Gasteiger partial charge in [0.2, 0.25) is 5.96 Å². The number of hydrogen-bond acceptors (Lipinski definition) is 5. The zero-order valence-electron chi connectivity index (χ0n) is 17.9. The Morgan fingerprint density at radius 3 is 2.29 bits per heavy atom. The Bertz CT molecular complexity index is 1010. The topological polar surface area (TPSA) is 84.8 Å². The molecule has 0 saturated carbocycles. The molecule has 160 valence electrons. The fraction of sp³-hybridized carbons (Fsp3) is 0.208. The molecule has 0 bridgehead atoms. The van der Waals surface area contributed by atoms with E-state index in [1.54, 1.807) is 24.4 Å². The Hall–Kier alpha value is -3.87. The third-order valence-electron chi connectivity index (χ3n) is 4.60. The van der Waals surface area contributed by atoms with Crippen LogP contribution in [0.15, 0.2) is 71.9 Å². The van der Waals surface area contributed by atoms with Crippen molar-refractivity contribution >= 4 is 17.6 Å². The number of methoxy groups -OCH3 is 2. The first-order chi connectivity index (χ1) is 15.1. The lowest BCUT2D eigenvalue weighted by molar-refractivity contribution is 0.0976. The van der Waals surface area contributed by atoms with E-state index in [2.05, 4.69) is 27.5 Å². The zero-order chi connectivity index (χ0) is 22.1. The number of benzene rings is 2. The predicted molar refractivity (Wildman–Crippen MR) is 122 cm³/mol. The molecule has 0 aliphatic carbocycles. The molecule has 1 aromatic heterocycles. The van der Waals surface area contributed by atoms with E-state index in [-0.39, 0.29) is 5.91 Å². The van der Waals surface area contributed by atoms with Gasteiger partial charge in [0.05, 0.1) is 26.5 Å². The molecular weight excluding hydrogens is 392 g/mol. The number of hydrogen-bond donors (Lipinski definition) is 2. The van der Waals surface area contributed by atoms with Crippen LogP contribution in [0.3, 0.4) is 0 Å². The molecule has 0 aliphatic heterocycles. The molecule has 2 N–H and O–H groups in total. The summed E-state index contributed by atoms with van der Waals surface area (Å²) < 4.78 is 10.5. The summed E-state index contributed by atoms with van der Waals surface area (Å²) in [6.07, 6.45) is 2.66. The summed E-state index contributed by atoms with van der Waals surface area (Å²) in [4.78, 5) is 21.7. The van der Waals surface area contributed by atoms with E-state index in [9.17, 15) is 4.79 Å². The molecular formula is C24H26N4O3. The normalized spacial score (nSPS) is 11.0. The van der Waals surface area contributed by atoms with Crippen LogP contribution in [0.2, 0.25) is 0 Å². The maximum atomic E-state index is 12.9. The van der Waals surface area contributed by atoms with Crippen LogP contribution in [0, 0.1) is 0 Å². The van der Waals surface area contributed by atoms with Gasteiger partial charge >= 0.3 is 0 Å². The van der Waals surface area contributed by atoms with Crippen LogP contribution < -0.4 is 20.1 Å². The largest absolute Gasteiger partial charge is 0.497 e. The van der Waals surface area contributed by atoms with Crippen molar-refractivity contribution < 1.29 is 14.3 Å². The minimum absolute atomic E-state index is 0.317. The highest BCUT2D eigenvalue weighted by Crippen LogP contribution is 2.22. The first kappa shape index (κ1) is 21.8. The first-order valence-electron chi connectivity index (χ1n) is 9.96. The summed E-state index contributed by atoms with van der Waals surface area (Å²) in [5.74, 6) is 1.04. The average Bonchev–Trinajstić information content (AvgIpc) is 2.83. The van der Waals surface area contributed by atoms with Crippen LogP contribution >= 0.6 is 0 Å². The van der Waals surface area contributed by atoms with Crippen LogP contribution in [0.1, 0.15) is 28.5 Å². The van der Waals surface area contributed by atoms with Crippen molar-refractivity contribution in [1.29, 1.82) is 0 Å². The number of aliphatic imine (C=N–C) groups is 1. The molecule has 7 heteroatoms. The monoisotopic (exact) mass is 418 g/mol. The Morgan fingerprint density at radius 1 is 1.00 bits per heavy atom. The van der Waals surface area contributed by atoms with Gasteiger partial charge in [0.25, 0.3) is 5.91 Å². The summed E-state index contributed by atoms with van der Waals surface area (Å²) in [7, 11) is 3.08. The minimum atomic E-state index is -0.338. The van der Waals surface area contributed by atoms with Gasteiger partial charge in [-0.25, -0.2) is 4.99 Å². The summed E-state index contributed by atoms with van der Waals surface area (Å²) in [6, 6.07) is 18.6.